The van der Waals surface area contributed by atoms with Crippen molar-refractivity contribution in [2.75, 3.05) is 11.9 Å². The van der Waals surface area contributed by atoms with E-state index in [0.29, 0.717) is 10.7 Å². The molecule has 0 unspecified atom stereocenters. The number of hydrogen-bond acceptors (Lipinski definition) is 5. The lowest BCUT2D eigenvalue weighted by Crippen LogP contribution is -2.38. The van der Waals surface area contributed by atoms with E-state index in [1.807, 2.05) is 55.5 Å². The maximum Gasteiger partial charge on any atom is 0.329 e. The largest absolute Gasteiger partial charge is 0.329 e. The van der Waals surface area contributed by atoms with E-state index in [2.05, 4.69) is 10.6 Å². The first kappa shape index (κ1) is 22.1. The van der Waals surface area contributed by atoms with Gasteiger partial charge in [0.05, 0.1) is 4.21 Å². The maximum absolute atomic E-state index is 12.7. The second-order valence-electron chi connectivity index (χ2n) is 6.96. The first-order chi connectivity index (χ1) is 15.4. The first-order valence-electron chi connectivity index (χ1n) is 9.62. The van der Waals surface area contributed by atoms with Crippen LogP contribution in [-0.2, 0) is 9.59 Å². The Morgan fingerprint density at radius 1 is 1.12 bits per heavy atom. The van der Waals surface area contributed by atoms with Crippen LogP contribution < -0.4 is 10.6 Å². The average molecular weight is 484 g/mol. The minimum atomic E-state index is -0.617. The molecule has 4 amide bonds. The fourth-order valence-electron chi connectivity index (χ4n) is 2.99. The SMILES string of the molecule is Cc1ccccc1NC(=O)CN1C(=O)N/C(=C\c2ccc(Sc3ccc(Cl)cc3)s2)C1=O. The van der Waals surface area contributed by atoms with Gasteiger partial charge in [-0.1, -0.05) is 41.6 Å². The topological polar surface area (TPSA) is 78.5 Å². The van der Waals surface area contributed by atoms with Crippen molar-refractivity contribution in [3.8, 4) is 0 Å². The van der Waals surface area contributed by atoms with Gasteiger partial charge in [0, 0.05) is 20.5 Å². The molecule has 1 aromatic heterocycles. The Hall–Kier alpha value is -3.07. The van der Waals surface area contributed by atoms with Gasteiger partial charge in [-0.15, -0.1) is 11.3 Å². The predicted molar refractivity (Wildman–Crippen MR) is 128 cm³/mol. The zero-order chi connectivity index (χ0) is 22.7. The summed E-state index contributed by atoms with van der Waals surface area (Å²) in [5, 5.41) is 5.96. The zero-order valence-electron chi connectivity index (χ0n) is 16.9. The van der Waals surface area contributed by atoms with Gasteiger partial charge in [-0.25, -0.2) is 9.69 Å². The number of benzene rings is 2. The van der Waals surface area contributed by atoms with E-state index in [1.165, 1.54) is 11.3 Å². The molecule has 32 heavy (non-hydrogen) atoms. The number of para-hydroxylation sites is 1. The second kappa shape index (κ2) is 9.60. The fraction of sp³-hybridized carbons (Fsp3) is 0.0870. The van der Waals surface area contributed by atoms with Gasteiger partial charge in [0.25, 0.3) is 5.91 Å². The van der Waals surface area contributed by atoms with Crippen LogP contribution in [0.3, 0.4) is 0 Å². The lowest BCUT2D eigenvalue weighted by molar-refractivity contribution is -0.127. The monoisotopic (exact) mass is 483 g/mol. The van der Waals surface area contributed by atoms with Gasteiger partial charge in [-0.05, 0) is 61.0 Å². The van der Waals surface area contributed by atoms with E-state index in [1.54, 1.807) is 30.0 Å². The molecule has 0 bridgehead atoms. The van der Waals surface area contributed by atoms with E-state index >= 15 is 0 Å². The number of nitrogens with zero attached hydrogens (tertiary/aromatic N) is 1. The molecule has 2 N–H and O–H groups in total. The molecule has 1 aliphatic rings. The summed E-state index contributed by atoms with van der Waals surface area (Å²) >= 11 is 9.00. The molecule has 0 spiro atoms. The van der Waals surface area contributed by atoms with Gasteiger partial charge in [0.15, 0.2) is 0 Å². The Morgan fingerprint density at radius 2 is 1.88 bits per heavy atom. The van der Waals surface area contributed by atoms with Gasteiger partial charge < -0.3 is 10.6 Å². The van der Waals surface area contributed by atoms with E-state index in [4.69, 9.17) is 11.6 Å². The van der Waals surface area contributed by atoms with Crippen LogP contribution in [0, 0.1) is 6.92 Å². The number of aryl methyl sites for hydroxylation is 1. The highest BCUT2D eigenvalue weighted by Crippen LogP contribution is 2.34. The van der Waals surface area contributed by atoms with Crippen molar-refractivity contribution in [1.82, 2.24) is 10.2 Å². The van der Waals surface area contributed by atoms with Crippen LogP contribution in [0.15, 0.2) is 75.5 Å². The molecule has 162 valence electrons. The van der Waals surface area contributed by atoms with Crippen molar-refractivity contribution in [3.63, 3.8) is 0 Å². The number of halogens is 1. The quantitative estimate of drug-likeness (QED) is 0.364. The summed E-state index contributed by atoms with van der Waals surface area (Å²) < 4.78 is 1.03. The van der Waals surface area contributed by atoms with Crippen LogP contribution in [0.1, 0.15) is 10.4 Å². The van der Waals surface area contributed by atoms with Crippen molar-refractivity contribution < 1.29 is 14.4 Å². The standard InChI is InChI=1S/C23H18ClN3O3S2/c1-14-4-2-3-5-18(14)25-20(28)13-27-22(29)19(26-23(27)30)12-17-10-11-21(32-17)31-16-8-6-15(24)7-9-16/h2-12H,13H2,1H3,(H,25,28)(H,26,30)/b19-12-. The number of carbonyl (C=O) groups excluding carboxylic acids is 3. The number of rotatable bonds is 6. The fourth-order valence-corrected chi connectivity index (χ4v) is 5.18. The molecule has 1 saturated heterocycles. The summed E-state index contributed by atoms with van der Waals surface area (Å²) in [5.41, 5.74) is 1.68. The van der Waals surface area contributed by atoms with Crippen LogP contribution in [0.2, 0.25) is 5.02 Å². The lowest BCUT2D eigenvalue weighted by atomic mass is 10.2. The van der Waals surface area contributed by atoms with Crippen molar-refractivity contribution in [3.05, 3.63) is 81.8 Å². The van der Waals surface area contributed by atoms with Gasteiger partial charge in [0.1, 0.15) is 12.2 Å². The molecule has 2 heterocycles. The van der Waals surface area contributed by atoms with Gasteiger partial charge in [-0.3, -0.25) is 9.59 Å². The number of nitrogens with one attached hydrogen (secondary N) is 2. The highest BCUT2D eigenvalue weighted by Gasteiger charge is 2.35. The summed E-state index contributed by atoms with van der Waals surface area (Å²) in [7, 11) is 0. The molecule has 2 aromatic carbocycles. The molecule has 3 aromatic rings. The summed E-state index contributed by atoms with van der Waals surface area (Å²) in [5.74, 6) is -0.975. The number of urea groups is 1. The molecule has 1 aliphatic heterocycles. The van der Waals surface area contributed by atoms with Crippen LogP contribution >= 0.6 is 34.7 Å². The molecular weight excluding hydrogens is 466 g/mol. The molecule has 4 rings (SSSR count). The Kier molecular flexibility index (Phi) is 6.64. The lowest BCUT2D eigenvalue weighted by Gasteiger charge is -2.13. The van der Waals surface area contributed by atoms with E-state index in [-0.39, 0.29) is 12.2 Å². The Bertz CT molecular complexity index is 1220. The number of amides is 4. The molecule has 1 fully saturated rings. The minimum absolute atomic E-state index is 0.142. The van der Waals surface area contributed by atoms with E-state index in [9.17, 15) is 14.4 Å². The third-order valence-corrected chi connectivity index (χ3v) is 7.03. The molecule has 0 saturated carbocycles. The second-order valence-corrected chi connectivity index (χ2v) is 9.88. The van der Waals surface area contributed by atoms with E-state index in [0.717, 1.165) is 24.4 Å². The third-order valence-electron chi connectivity index (χ3n) is 4.60. The number of thiophene rings is 1. The van der Waals surface area contributed by atoms with Crippen molar-refractivity contribution in [2.45, 2.75) is 16.0 Å². The summed E-state index contributed by atoms with van der Waals surface area (Å²) in [6, 6.07) is 18.0. The highest BCUT2D eigenvalue weighted by atomic mass is 35.5. The average Bonchev–Trinajstić information content (AvgIpc) is 3.31. The van der Waals surface area contributed by atoms with Crippen LogP contribution in [0.4, 0.5) is 10.5 Å². The van der Waals surface area contributed by atoms with Crippen LogP contribution in [-0.4, -0.2) is 29.3 Å². The molecule has 0 atom stereocenters. The number of anilines is 1. The zero-order valence-corrected chi connectivity index (χ0v) is 19.3. The Balaban J connectivity index is 1.41. The van der Waals surface area contributed by atoms with Crippen LogP contribution in [0.25, 0.3) is 6.08 Å². The van der Waals surface area contributed by atoms with Crippen molar-refractivity contribution >= 4 is 64.3 Å². The van der Waals surface area contributed by atoms with Gasteiger partial charge >= 0.3 is 6.03 Å². The Labute approximate surface area is 198 Å². The van der Waals surface area contributed by atoms with E-state index < -0.39 is 17.8 Å². The van der Waals surface area contributed by atoms with Gasteiger partial charge in [-0.2, -0.15) is 0 Å². The summed E-state index contributed by atoms with van der Waals surface area (Å²) in [6.45, 7) is 1.50. The molecule has 9 heteroatoms. The number of imide groups is 1. The third kappa shape index (κ3) is 5.21. The summed E-state index contributed by atoms with van der Waals surface area (Å²) in [6.07, 6.45) is 1.62. The number of carbonyl (C=O) groups is 3. The molecule has 6 nitrogen and oxygen atoms in total. The van der Waals surface area contributed by atoms with Gasteiger partial charge in [0.2, 0.25) is 5.91 Å². The molecule has 0 radical (unpaired) electrons. The molecular formula is C23H18ClN3O3S2. The summed E-state index contributed by atoms with van der Waals surface area (Å²) in [4.78, 5) is 40.1. The first-order valence-corrected chi connectivity index (χ1v) is 11.6. The van der Waals surface area contributed by atoms with Crippen molar-refractivity contribution in [1.29, 1.82) is 0 Å². The van der Waals surface area contributed by atoms with Crippen molar-refractivity contribution in [2.24, 2.45) is 0 Å². The molecule has 0 aliphatic carbocycles. The number of hydrogen-bond donors (Lipinski definition) is 2. The smallest absolute Gasteiger partial charge is 0.324 e. The highest BCUT2D eigenvalue weighted by molar-refractivity contribution is 8.01. The predicted octanol–water partition coefficient (Wildman–Crippen LogP) is 5.39. The maximum atomic E-state index is 12.7. The van der Waals surface area contributed by atoms with Crippen LogP contribution in [0.5, 0.6) is 0 Å². The minimum Gasteiger partial charge on any atom is -0.324 e. The normalized spacial score (nSPS) is 14.7. The Morgan fingerprint density at radius 3 is 2.62 bits per heavy atom.